The van der Waals surface area contributed by atoms with Crippen molar-refractivity contribution in [1.29, 1.82) is 0 Å². The van der Waals surface area contributed by atoms with Crippen LogP contribution in [0.5, 0.6) is 28.7 Å². The van der Waals surface area contributed by atoms with Crippen molar-refractivity contribution in [2.45, 2.75) is 6.42 Å². The number of amides is 1. The van der Waals surface area contributed by atoms with Gasteiger partial charge in [0.05, 0.1) is 20.3 Å². The Kier molecular flexibility index (Phi) is 4.43. The van der Waals surface area contributed by atoms with Gasteiger partial charge in [-0.15, -0.1) is 0 Å². The van der Waals surface area contributed by atoms with Gasteiger partial charge < -0.3 is 29.0 Å². The lowest BCUT2D eigenvalue weighted by molar-refractivity contribution is 0.102. The zero-order valence-corrected chi connectivity index (χ0v) is 14.4. The quantitative estimate of drug-likeness (QED) is 0.910. The van der Waals surface area contributed by atoms with Crippen molar-refractivity contribution >= 4 is 11.6 Å². The summed E-state index contributed by atoms with van der Waals surface area (Å²) in [6, 6.07) is 8.61. The molecule has 1 N–H and O–H groups in total. The van der Waals surface area contributed by atoms with Crippen LogP contribution in [0.4, 0.5) is 5.69 Å². The molecule has 136 valence electrons. The van der Waals surface area contributed by atoms with E-state index >= 15 is 0 Å². The maximum Gasteiger partial charge on any atom is 0.255 e. The van der Waals surface area contributed by atoms with E-state index in [4.69, 9.17) is 23.7 Å². The summed E-state index contributed by atoms with van der Waals surface area (Å²) in [7, 11) is 1.53. The summed E-state index contributed by atoms with van der Waals surface area (Å²) in [6.07, 6.45) is 0.827. The van der Waals surface area contributed by atoms with E-state index in [0.717, 1.165) is 6.42 Å². The topological polar surface area (TPSA) is 75.3 Å². The summed E-state index contributed by atoms with van der Waals surface area (Å²) in [5.74, 6) is 2.51. The number of benzene rings is 2. The number of hydrogen-bond acceptors (Lipinski definition) is 6. The summed E-state index contributed by atoms with van der Waals surface area (Å²) in [6.45, 7) is 2.09. The second-order valence-corrected chi connectivity index (χ2v) is 5.87. The molecule has 0 aliphatic carbocycles. The summed E-state index contributed by atoms with van der Waals surface area (Å²) in [5, 5.41) is 2.86. The Morgan fingerprint density at radius 3 is 2.54 bits per heavy atom. The van der Waals surface area contributed by atoms with E-state index in [1.54, 1.807) is 30.3 Å². The number of carbonyl (C=O) groups excluding carboxylic acids is 1. The van der Waals surface area contributed by atoms with Crippen LogP contribution in [0.2, 0.25) is 0 Å². The molecule has 26 heavy (non-hydrogen) atoms. The molecule has 0 atom stereocenters. The number of fused-ring (bicyclic) bond motifs is 2. The van der Waals surface area contributed by atoms with E-state index < -0.39 is 0 Å². The fraction of sp³-hybridized carbons (Fsp3) is 0.316. The fourth-order valence-corrected chi connectivity index (χ4v) is 2.85. The second-order valence-electron chi connectivity index (χ2n) is 5.87. The van der Waals surface area contributed by atoms with Crippen LogP contribution in [-0.2, 0) is 0 Å². The van der Waals surface area contributed by atoms with Crippen molar-refractivity contribution in [3.05, 3.63) is 35.9 Å². The van der Waals surface area contributed by atoms with Crippen LogP contribution in [0.3, 0.4) is 0 Å². The Morgan fingerprint density at radius 1 is 0.923 bits per heavy atom. The first-order valence-electron chi connectivity index (χ1n) is 8.43. The molecule has 0 radical (unpaired) electrons. The van der Waals surface area contributed by atoms with Crippen LogP contribution in [0.25, 0.3) is 0 Å². The summed E-state index contributed by atoms with van der Waals surface area (Å²) < 4.78 is 27.7. The van der Waals surface area contributed by atoms with Gasteiger partial charge in [0.1, 0.15) is 13.2 Å². The van der Waals surface area contributed by atoms with E-state index in [-0.39, 0.29) is 5.91 Å². The van der Waals surface area contributed by atoms with Crippen LogP contribution in [-0.4, -0.2) is 39.4 Å². The molecule has 2 aliphatic heterocycles. The highest BCUT2D eigenvalue weighted by molar-refractivity contribution is 6.05. The van der Waals surface area contributed by atoms with Gasteiger partial charge >= 0.3 is 0 Å². The van der Waals surface area contributed by atoms with Gasteiger partial charge in [0, 0.05) is 23.7 Å². The molecular formula is C19H19NO6. The third kappa shape index (κ3) is 3.20. The first-order chi connectivity index (χ1) is 12.7. The van der Waals surface area contributed by atoms with Crippen molar-refractivity contribution in [2.75, 3.05) is 38.9 Å². The SMILES string of the molecule is COc1cc(C(=O)Nc2ccc3c(c2)OCCCO3)cc2c1OCCO2. The van der Waals surface area contributed by atoms with Crippen molar-refractivity contribution < 1.29 is 28.5 Å². The van der Waals surface area contributed by atoms with E-state index in [0.29, 0.717) is 66.4 Å². The van der Waals surface area contributed by atoms with Gasteiger partial charge in [-0.25, -0.2) is 0 Å². The third-order valence-corrected chi connectivity index (χ3v) is 4.10. The Bertz CT molecular complexity index is 818. The molecule has 2 heterocycles. The first-order valence-corrected chi connectivity index (χ1v) is 8.43. The number of carbonyl (C=O) groups is 1. The zero-order chi connectivity index (χ0) is 17.9. The average molecular weight is 357 g/mol. The largest absolute Gasteiger partial charge is 0.493 e. The van der Waals surface area contributed by atoms with Gasteiger partial charge in [0.15, 0.2) is 23.0 Å². The molecule has 0 spiro atoms. The Labute approximate surface area is 150 Å². The minimum Gasteiger partial charge on any atom is -0.493 e. The molecule has 7 heteroatoms. The van der Waals surface area contributed by atoms with Gasteiger partial charge in [0.2, 0.25) is 5.75 Å². The van der Waals surface area contributed by atoms with Crippen molar-refractivity contribution in [2.24, 2.45) is 0 Å². The van der Waals surface area contributed by atoms with Crippen molar-refractivity contribution in [3.63, 3.8) is 0 Å². The highest BCUT2D eigenvalue weighted by Crippen LogP contribution is 2.40. The third-order valence-electron chi connectivity index (χ3n) is 4.10. The van der Waals surface area contributed by atoms with E-state index in [9.17, 15) is 4.79 Å². The van der Waals surface area contributed by atoms with E-state index in [2.05, 4.69) is 5.32 Å². The molecule has 0 fully saturated rings. The number of nitrogens with one attached hydrogen (secondary N) is 1. The molecule has 0 saturated heterocycles. The number of methoxy groups -OCH3 is 1. The molecule has 2 aromatic carbocycles. The minimum atomic E-state index is -0.283. The lowest BCUT2D eigenvalue weighted by Crippen LogP contribution is -2.18. The van der Waals surface area contributed by atoms with E-state index in [1.807, 2.05) is 0 Å². The van der Waals surface area contributed by atoms with Crippen LogP contribution in [0, 0.1) is 0 Å². The molecule has 0 unspecified atom stereocenters. The number of ether oxygens (including phenoxy) is 5. The van der Waals surface area contributed by atoms with Crippen LogP contribution < -0.4 is 29.0 Å². The van der Waals surface area contributed by atoms with Crippen LogP contribution in [0.1, 0.15) is 16.8 Å². The average Bonchev–Trinajstić information content (AvgIpc) is 2.92. The second kappa shape index (κ2) is 7.03. The number of anilines is 1. The van der Waals surface area contributed by atoms with Crippen LogP contribution >= 0.6 is 0 Å². The number of hydrogen-bond donors (Lipinski definition) is 1. The lowest BCUT2D eigenvalue weighted by Gasteiger charge is -2.21. The minimum absolute atomic E-state index is 0.283. The Morgan fingerprint density at radius 2 is 1.69 bits per heavy atom. The van der Waals surface area contributed by atoms with Gasteiger partial charge in [0.25, 0.3) is 5.91 Å². The standard InChI is InChI=1S/C19H19NO6/c1-22-16-9-12(10-17-18(16)26-8-7-25-17)19(21)20-13-3-4-14-15(11-13)24-6-2-5-23-14/h3-4,9-11H,2,5-8H2,1H3,(H,20,21). The van der Waals surface area contributed by atoms with Crippen LogP contribution in [0.15, 0.2) is 30.3 Å². The molecular weight excluding hydrogens is 338 g/mol. The van der Waals surface area contributed by atoms with Crippen molar-refractivity contribution in [1.82, 2.24) is 0 Å². The van der Waals surface area contributed by atoms with Gasteiger partial charge in [-0.05, 0) is 24.3 Å². The maximum atomic E-state index is 12.7. The van der Waals surface area contributed by atoms with Gasteiger partial charge in [-0.3, -0.25) is 4.79 Å². The molecule has 0 aromatic heterocycles. The van der Waals surface area contributed by atoms with E-state index in [1.165, 1.54) is 7.11 Å². The smallest absolute Gasteiger partial charge is 0.255 e. The van der Waals surface area contributed by atoms with Gasteiger partial charge in [-0.1, -0.05) is 0 Å². The summed E-state index contributed by atoms with van der Waals surface area (Å²) >= 11 is 0. The first kappa shape index (κ1) is 16.4. The number of rotatable bonds is 3. The predicted molar refractivity (Wildman–Crippen MR) is 94.0 cm³/mol. The highest BCUT2D eigenvalue weighted by atomic mass is 16.6. The highest BCUT2D eigenvalue weighted by Gasteiger charge is 2.21. The molecule has 4 rings (SSSR count). The Balaban J connectivity index is 1.58. The normalized spacial score (nSPS) is 15.0. The summed E-state index contributed by atoms with van der Waals surface area (Å²) in [5.41, 5.74) is 1.03. The zero-order valence-electron chi connectivity index (χ0n) is 14.4. The molecule has 0 saturated carbocycles. The lowest BCUT2D eigenvalue weighted by atomic mass is 10.1. The molecule has 2 aliphatic rings. The molecule has 0 bridgehead atoms. The van der Waals surface area contributed by atoms with Crippen molar-refractivity contribution in [3.8, 4) is 28.7 Å². The Hall–Kier alpha value is -3.09. The monoisotopic (exact) mass is 357 g/mol. The molecule has 1 amide bonds. The predicted octanol–water partition coefficient (Wildman–Crippen LogP) is 2.88. The molecule has 2 aromatic rings. The molecule has 7 nitrogen and oxygen atoms in total. The fourth-order valence-electron chi connectivity index (χ4n) is 2.85. The maximum absolute atomic E-state index is 12.7. The van der Waals surface area contributed by atoms with Gasteiger partial charge in [-0.2, -0.15) is 0 Å². The summed E-state index contributed by atoms with van der Waals surface area (Å²) in [4.78, 5) is 12.7.